The zero-order valence-electron chi connectivity index (χ0n) is 13.7. The minimum Gasteiger partial charge on any atom is -0.466 e. The maximum atomic E-state index is 12.4. The van der Waals surface area contributed by atoms with Gasteiger partial charge in [-0.3, -0.25) is 14.4 Å². The Labute approximate surface area is 145 Å². The summed E-state index contributed by atoms with van der Waals surface area (Å²) in [4.78, 5) is 36.4. The van der Waals surface area contributed by atoms with E-state index >= 15 is 0 Å². The van der Waals surface area contributed by atoms with Crippen LogP contribution >= 0.6 is 0 Å². The molecule has 0 aliphatic carbocycles. The van der Waals surface area contributed by atoms with Crippen LogP contribution in [-0.4, -0.2) is 24.5 Å². The second kappa shape index (κ2) is 9.22. The highest BCUT2D eigenvalue weighted by atomic mass is 16.6. The number of benzene rings is 2. The van der Waals surface area contributed by atoms with Crippen molar-refractivity contribution in [3.63, 3.8) is 0 Å². The maximum absolute atomic E-state index is 12.4. The van der Waals surface area contributed by atoms with Gasteiger partial charge in [0.2, 0.25) is 0 Å². The first-order valence-electron chi connectivity index (χ1n) is 7.79. The van der Waals surface area contributed by atoms with Gasteiger partial charge in [0.05, 0.1) is 13.0 Å². The number of carbonyl (C=O) groups is 3. The lowest BCUT2D eigenvalue weighted by atomic mass is 10.1. The summed E-state index contributed by atoms with van der Waals surface area (Å²) in [5.41, 5.74) is 0. The topological polar surface area (TPSA) is 78.9 Å². The zero-order chi connectivity index (χ0) is 18.1. The number of ether oxygens (including phenoxy) is 3. The summed E-state index contributed by atoms with van der Waals surface area (Å²) in [5.74, 6) is -3.30. The molecular weight excluding hydrogens is 324 g/mol. The van der Waals surface area contributed by atoms with Gasteiger partial charge in [0.1, 0.15) is 11.5 Å². The quantitative estimate of drug-likeness (QED) is 0.437. The summed E-state index contributed by atoms with van der Waals surface area (Å²) < 4.78 is 15.2. The third-order valence-corrected chi connectivity index (χ3v) is 3.17. The van der Waals surface area contributed by atoms with E-state index in [0.29, 0.717) is 0 Å². The summed E-state index contributed by atoms with van der Waals surface area (Å²) in [6.45, 7) is 1.78. The molecule has 0 bridgehead atoms. The van der Waals surface area contributed by atoms with Crippen LogP contribution in [0.25, 0.3) is 0 Å². The van der Waals surface area contributed by atoms with Crippen molar-refractivity contribution >= 4 is 17.9 Å². The van der Waals surface area contributed by atoms with E-state index in [-0.39, 0.29) is 18.1 Å². The van der Waals surface area contributed by atoms with Gasteiger partial charge in [-0.25, -0.2) is 0 Å². The summed E-state index contributed by atoms with van der Waals surface area (Å²) in [6.07, 6.45) is -0.453. The molecule has 0 radical (unpaired) electrons. The molecule has 25 heavy (non-hydrogen) atoms. The molecule has 0 saturated carbocycles. The minimum absolute atomic E-state index is 0.146. The highest BCUT2D eigenvalue weighted by Gasteiger charge is 2.33. The molecule has 2 aromatic carbocycles. The Morgan fingerprint density at radius 3 is 1.64 bits per heavy atom. The van der Waals surface area contributed by atoms with Gasteiger partial charge >= 0.3 is 17.9 Å². The van der Waals surface area contributed by atoms with Crippen molar-refractivity contribution in [1.29, 1.82) is 0 Å². The molecule has 6 heteroatoms. The molecule has 0 atom stereocenters. The van der Waals surface area contributed by atoms with Gasteiger partial charge in [-0.1, -0.05) is 36.4 Å². The van der Waals surface area contributed by atoms with Crippen molar-refractivity contribution in [2.75, 3.05) is 6.61 Å². The minimum atomic E-state index is -1.42. The molecule has 0 aliphatic rings. The Morgan fingerprint density at radius 1 is 0.800 bits per heavy atom. The van der Waals surface area contributed by atoms with Crippen molar-refractivity contribution in [3.8, 4) is 11.5 Å². The largest absolute Gasteiger partial charge is 0.466 e. The molecule has 0 amide bonds. The van der Waals surface area contributed by atoms with Crippen LogP contribution in [0.5, 0.6) is 11.5 Å². The van der Waals surface area contributed by atoms with E-state index < -0.39 is 30.2 Å². The molecule has 6 nitrogen and oxygen atoms in total. The van der Waals surface area contributed by atoms with Gasteiger partial charge in [-0.2, -0.15) is 0 Å². The van der Waals surface area contributed by atoms with Gasteiger partial charge in [-0.05, 0) is 31.2 Å². The van der Waals surface area contributed by atoms with Gasteiger partial charge in [0, 0.05) is 0 Å². The molecule has 0 heterocycles. The van der Waals surface area contributed by atoms with Crippen LogP contribution in [0.15, 0.2) is 60.7 Å². The second-order valence-electron chi connectivity index (χ2n) is 5.03. The van der Waals surface area contributed by atoms with Crippen molar-refractivity contribution in [2.45, 2.75) is 13.3 Å². The van der Waals surface area contributed by atoms with Gasteiger partial charge in [0.15, 0.2) is 5.92 Å². The van der Waals surface area contributed by atoms with E-state index in [0.717, 1.165) is 0 Å². The maximum Gasteiger partial charge on any atom is 0.326 e. The summed E-state index contributed by atoms with van der Waals surface area (Å²) >= 11 is 0. The summed E-state index contributed by atoms with van der Waals surface area (Å²) in [6, 6.07) is 16.6. The van der Waals surface area contributed by atoms with Crippen LogP contribution in [0, 0.1) is 5.92 Å². The standard InChI is InChI=1S/C19H18O6/c1-2-23-17(20)13-16(18(21)24-14-9-5-3-6-10-14)19(22)25-15-11-7-4-8-12-15/h3-12,16H,2,13H2,1H3. The number of esters is 3. The highest BCUT2D eigenvalue weighted by molar-refractivity contribution is 5.99. The Morgan fingerprint density at radius 2 is 1.24 bits per heavy atom. The van der Waals surface area contributed by atoms with Gasteiger partial charge in [0.25, 0.3) is 0 Å². The molecule has 0 fully saturated rings. The first-order chi connectivity index (χ1) is 12.1. The second-order valence-corrected chi connectivity index (χ2v) is 5.03. The van der Waals surface area contributed by atoms with E-state index in [2.05, 4.69) is 0 Å². The number of para-hydroxylation sites is 2. The van der Waals surface area contributed by atoms with Crippen LogP contribution in [-0.2, 0) is 19.1 Å². The SMILES string of the molecule is CCOC(=O)CC(C(=O)Oc1ccccc1)C(=O)Oc1ccccc1. The van der Waals surface area contributed by atoms with Crippen molar-refractivity contribution in [2.24, 2.45) is 5.92 Å². The first-order valence-corrected chi connectivity index (χ1v) is 7.79. The number of hydrogen-bond acceptors (Lipinski definition) is 6. The van der Waals surface area contributed by atoms with Crippen molar-refractivity contribution in [3.05, 3.63) is 60.7 Å². The van der Waals surface area contributed by atoms with E-state index in [4.69, 9.17) is 14.2 Å². The Kier molecular flexibility index (Phi) is 6.71. The summed E-state index contributed by atoms with van der Waals surface area (Å²) in [7, 11) is 0. The molecule has 0 unspecified atom stereocenters. The van der Waals surface area contributed by atoms with Crippen LogP contribution in [0.3, 0.4) is 0 Å². The molecule has 0 aliphatic heterocycles. The van der Waals surface area contributed by atoms with E-state index in [9.17, 15) is 14.4 Å². The fourth-order valence-electron chi connectivity index (χ4n) is 2.00. The van der Waals surface area contributed by atoms with Crippen LogP contribution in [0.1, 0.15) is 13.3 Å². The normalized spacial score (nSPS) is 10.2. The van der Waals surface area contributed by atoms with E-state index in [1.807, 2.05) is 0 Å². The molecule has 0 aromatic heterocycles. The van der Waals surface area contributed by atoms with Crippen molar-refractivity contribution in [1.82, 2.24) is 0 Å². The molecular formula is C19H18O6. The Hall–Kier alpha value is -3.15. The molecule has 0 N–H and O–H groups in total. The lowest BCUT2D eigenvalue weighted by Gasteiger charge is -2.14. The molecule has 130 valence electrons. The predicted molar refractivity (Wildman–Crippen MR) is 88.9 cm³/mol. The average Bonchev–Trinajstić information content (AvgIpc) is 2.61. The molecule has 0 saturated heterocycles. The molecule has 2 rings (SSSR count). The van der Waals surface area contributed by atoms with E-state index in [1.54, 1.807) is 67.6 Å². The zero-order valence-corrected chi connectivity index (χ0v) is 13.7. The third kappa shape index (κ3) is 5.76. The monoisotopic (exact) mass is 342 g/mol. The lowest BCUT2D eigenvalue weighted by Crippen LogP contribution is -2.33. The van der Waals surface area contributed by atoms with Crippen LogP contribution in [0.4, 0.5) is 0 Å². The smallest absolute Gasteiger partial charge is 0.326 e. The van der Waals surface area contributed by atoms with Crippen LogP contribution in [0.2, 0.25) is 0 Å². The number of rotatable bonds is 7. The predicted octanol–water partition coefficient (Wildman–Crippen LogP) is 2.77. The Balaban J connectivity index is 2.12. The fourth-order valence-corrected chi connectivity index (χ4v) is 2.00. The highest BCUT2D eigenvalue weighted by Crippen LogP contribution is 2.17. The Bertz CT molecular complexity index is 658. The summed E-state index contributed by atoms with van der Waals surface area (Å²) in [5, 5.41) is 0. The third-order valence-electron chi connectivity index (χ3n) is 3.17. The average molecular weight is 342 g/mol. The molecule has 0 spiro atoms. The van der Waals surface area contributed by atoms with Crippen LogP contribution < -0.4 is 9.47 Å². The fraction of sp³-hybridized carbons (Fsp3) is 0.211. The molecule has 2 aromatic rings. The number of hydrogen-bond donors (Lipinski definition) is 0. The van der Waals surface area contributed by atoms with E-state index in [1.165, 1.54) is 0 Å². The van der Waals surface area contributed by atoms with Gasteiger partial charge < -0.3 is 14.2 Å². The van der Waals surface area contributed by atoms with Gasteiger partial charge in [-0.15, -0.1) is 0 Å². The van der Waals surface area contributed by atoms with Crippen molar-refractivity contribution < 1.29 is 28.6 Å². The first kappa shape index (κ1) is 18.2. The number of carbonyl (C=O) groups excluding carboxylic acids is 3. The lowest BCUT2D eigenvalue weighted by molar-refractivity contribution is -0.158.